The molecule has 3 heterocycles. The van der Waals surface area contributed by atoms with Crippen LogP contribution in [0.4, 0.5) is 0 Å². The van der Waals surface area contributed by atoms with E-state index in [-0.39, 0.29) is 0 Å². The van der Waals surface area contributed by atoms with E-state index in [9.17, 15) is 0 Å². The number of hydrogen-bond acceptors (Lipinski definition) is 3. The molecule has 0 N–H and O–H groups in total. The van der Waals surface area contributed by atoms with Gasteiger partial charge in [-0.25, -0.2) is 0 Å². The maximum absolute atomic E-state index is 6.11. The lowest BCUT2D eigenvalue weighted by Gasteiger charge is -1.99. The van der Waals surface area contributed by atoms with Crippen LogP contribution in [-0.2, 0) is 0 Å². The molecule has 0 aliphatic rings. The number of hydrogen-bond donors (Lipinski definition) is 0. The minimum Gasteiger partial charge on any atom is -0.456 e. The predicted molar refractivity (Wildman–Crippen MR) is 110 cm³/mol. The van der Waals surface area contributed by atoms with E-state index in [4.69, 9.17) is 4.42 Å². The molecule has 0 aliphatic carbocycles. The van der Waals surface area contributed by atoms with Crippen LogP contribution < -0.4 is 0 Å². The minimum atomic E-state index is 0.898. The van der Waals surface area contributed by atoms with Crippen molar-refractivity contribution in [1.82, 2.24) is 4.98 Å². The fourth-order valence-corrected chi connectivity index (χ4v) is 4.86. The summed E-state index contributed by atoms with van der Waals surface area (Å²) in [7, 11) is 0. The number of benzene rings is 3. The van der Waals surface area contributed by atoms with Crippen LogP contribution in [0.25, 0.3) is 53.4 Å². The van der Waals surface area contributed by atoms with E-state index in [1.807, 2.05) is 24.4 Å². The number of fused-ring (bicyclic) bond motifs is 5. The largest absolute Gasteiger partial charge is 0.456 e. The summed E-state index contributed by atoms with van der Waals surface area (Å²) in [6.45, 7) is 0. The molecular formula is C23H13NOS. The van der Waals surface area contributed by atoms with Crippen molar-refractivity contribution in [3.05, 3.63) is 79.0 Å². The van der Waals surface area contributed by atoms with Gasteiger partial charge in [0, 0.05) is 27.2 Å². The van der Waals surface area contributed by atoms with Crippen LogP contribution in [0.15, 0.2) is 83.4 Å². The third-order valence-corrected chi connectivity index (χ3v) is 6.09. The Morgan fingerprint density at radius 3 is 2.38 bits per heavy atom. The molecule has 6 rings (SSSR count). The maximum Gasteiger partial charge on any atom is 0.136 e. The van der Waals surface area contributed by atoms with Gasteiger partial charge in [0.05, 0.1) is 10.2 Å². The highest BCUT2D eigenvalue weighted by atomic mass is 32.1. The molecule has 0 aliphatic heterocycles. The summed E-state index contributed by atoms with van der Waals surface area (Å²) in [5, 5.41) is 4.84. The van der Waals surface area contributed by atoms with Crippen molar-refractivity contribution >= 4 is 53.4 Å². The van der Waals surface area contributed by atoms with E-state index >= 15 is 0 Å². The monoisotopic (exact) mass is 351 g/mol. The Balaban J connectivity index is 1.70. The molecule has 0 saturated heterocycles. The topological polar surface area (TPSA) is 26.0 Å². The molecule has 26 heavy (non-hydrogen) atoms. The van der Waals surface area contributed by atoms with E-state index in [0.29, 0.717) is 0 Å². The van der Waals surface area contributed by atoms with Crippen LogP contribution in [-0.4, -0.2) is 4.98 Å². The van der Waals surface area contributed by atoms with Gasteiger partial charge in [-0.1, -0.05) is 42.5 Å². The van der Waals surface area contributed by atoms with E-state index in [1.165, 1.54) is 25.6 Å². The average Bonchev–Trinajstić information content (AvgIpc) is 3.27. The van der Waals surface area contributed by atoms with Crippen molar-refractivity contribution in [2.24, 2.45) is 0 Å². The molecule has 3 aromatic carbocycles. The summed E-state index contributed by atoms with van der Waals surface area (Å²) in [5.74, 6) is 0.898. The number of aromatic nitrogens is 1. The van der Waals surface area contributed by atoms with Crippen LogP contribution in [0.1, 0.15) is 0 Å². The van der Waals surface area contributed by atoms with Crippen molar-refractivity contribution in [2.75, 3.05) is 0 Å². The molecule has 2 nitrogen and oxygen atoms in total. The number of rotatable bonds is 1. The van der Waals surface area contributed by atoms with Crippen LogP contribution in [0.3, 0.4) is 0 Å². The molecule has 0 atom stereocenters. The van der Waals surface area contributed by atoms with E-state index in [2.05, 4.69) is 59.6 Å². The number of pyridine rings is 1. The number of nitrogens with zero attached hydrogens (tertiary/aromatic N) is 1. The maximum atomic E-state index is 6.11. The van der Waals surface area contributed by atoms with Crippen molar-refractivity contribution in [1.29, 1.82) is 0 Å². The number of para-hydroxylation sites is 1. The highest BCUT2D eigenvalue weighted by Gasteiger charge is 2.15. The second kappa shape index (κ2) is 5.16. The average molecular weight is 351 g/mol. The lowest BCUT2D eigenvalue weighted by Crippen LogP contribution is -1.78. The van der Waals surface area contributed by atoms with Gasteiger partial charge in [-0.05, 0) is 41.1 Å². The van der Waals surface area contributed by atoms with Gasteiger partial charge >= 0.3 is 0 Å². The SMILES string of the molecule is c1ccc2cc3c(cc2c1)sc1c(-c2cc4ccccc4o2)ccnc13. The molecule has 0 saturated carbocycles. The van der Waals surface area contributed by atoms with E-state index in [0.717, 1.165) is 27.8 Å². The third-order valence-electron chi connectivity index (χ3n) is 4.91. The van der Waals surface area contributed by atoms with Gasteiger partial charge in [-0.15, -0.1) is 11.3 Å². The highest BCUT2D eigenvalue weighted by Crippen LogP contribution is 2.41. The van der Waals surface area contributed by atoms with Gasteiger partial charge in [0.1, 0.15) is 11.3 Å². The number of thiophene rings is 1. The second-order valence-electron chi connectivity index (χ2n) is 6.48. The van der Waals surface area contributed by atoms with Gasteiger partial charge in [-0.2, -0.15) is 0 Å². The fourth-order valence-electron chi connectivity index (χ4n) is 3.65. The Kier molecular flexibility index (Phi) is 2.79. The second-order valence-corrected chi connectivity index (χ2v) is 7.53. The Morgan fingerprint density at radius 2 is 1.54 bits per heavy atom. The molecule has 0 amide bonds. The number of furan rings is 1. The summed E-state index contributed by atoms with van der Waals surface area (Å²) in [6.07, 6.45) is 1.88. The van der Waals surface area contributed by atoms with Crippen molar-refractivity contribution in [3.8, 4) is 11.3 Å². The molecule has 6 aromatic rings. The predicted octanol–water partition coefficient (Wildman–Crippen LogP) is 7.02. The zero-order valence-corrected chi connectivity index (χ0v) is 14.6. The third kappa shape index (κ3) is 1.95. The van der Waals surface area contributed by atoms with E-state index in [1.54, 1.807) is 11.3 Å². The summed E-state index contributed by atoms with van der Waals surface area (Å²) in [4.78, 5) is 4.68. The van der Waals surface area contributed by atoms with Crippen molar-refractivity contribution in [2.45, 2.75) is 0 Å². The lowest BCUT2D eigenvalue weighted by molar-refractivity contribution is 0.632. The Bertz CT molecular complexity index is 1410. The van der Waals surface area contributed by atoms with Gasteiger partial charge in [0.15, 0.2) is 0 Å². The van der Waals surface area contributed by atoms with Crippen molar-refractivity contribution in [3.63, 3.8) is 0 Å². The van der Waals surface area contributed by atoms with Gasteiger partial charge < -0.3 is 4.42 Å². The van der Waals surface area contributed by atoms with Gasteiger partial charge in [0.25, 0.3) is 0 Å². The molecule has 0 bridgehead atoms. The summed E-state index contributed by atoms with van der Waals surface area (Å²) >= 11 is 1.79. The molecule has 3 aromatic heterocycles. The lowest BCUT2D eigenvalue weighted by atomic mass is 10.1. The molecule has 0 unspecified atom stereocenters. The summed E-state index contributed by atoms with van der Waals surface area (Å²) in [6, 6.07) is 25.3. The standard InChI is InChI=1S/C23H13NOS/c1-2-6-15-13-21-18(11-14(15)5-1)22-23(26-21)17(9-10-24-22)20-12-16-7-3-4-8-19(16)25-20/h1-13H. The Hall–Kier alpha value is -3.17. The fraction of sp³-hybridized carbons (Fsp3) is 0. The van der Waals surface area contributed by atoms with Crippen molar-refractivity contribution < 1.29 is 4.42 Å². The minimum absolute atomic E-state index is 0.898. The normalized spacial score (nSPS) is 11.8. The van der Waals surface area contributed by atoms with Crippen LogP contribution in [0.2, 0.25) is 0 Å². The highest BCUT2D eigenvalue weighted by molar-refractivity contribution is 7.26. The Labute approximate surface area is 153 Å². The smallest absolute Gasteiger partial charge is 0.136 e. The van der Waals surface area contributed by atoms with Gasteiger partial charge in [0.2, 0.25) is 0 Å². The molecule has 0 fully saturated rings. The van der Waals surface area contributed by atoms with Crippen LogP contribution in [0, 0.1) is 0 Å². The quantitative estimate of drug-likeness (QED) is 0.318. The first-order valence-electron chi connectivity index (χ1n) is 8.56. The van der Waals surface area contributed by atoms with E-state index < -0.39 is 0 Å². The first kappa shape index (κ1) is 14.0. The molecular weight excluding hydrogens is 338 g/mol. The molecule has 3 heteroatoms. The molecule has 0 radical (unpaired) electrons. The van der Waals surface area contributed by atoms with Crippen LogP contribution in [0.5, 0.6) is 0 Å². The summed E-state index contributed by atoms with van der Waals surface area (Å²) in [5.41, 5.74) is 3.07. The van der Waals surface area contributed by atoms with Gasteiger partial charge in [-0.3, -0.25) is 4.98 Å². The summed E-state index contributed by atoms with van der Waals surface area (Å²) < 4.78 is 8.55. The molecule has 0 spiro atoms. The first-order chi connectivity index (χ1) is 12.9. The zero-order chi connectivity index (χ0) is 17.1. The zero-order valence-electron chi connectivity index (χ0n) is 13.8. The Morgan fingerprint density at radius 1 is 0.769 bits per heavy atom. The van der Waals surface area contributed by atoms with Crippen LogP contribution >= 0.6 is 11.3 Å². The molecule has 122 valence electrons. The first-order valence-corrected chi connectivity index (χ1v) is 9.37.